The summed E-state index contributed by atoms with van der Waals surface area (Å²) in [6, 6.07) is 10.2. The average molecular weight is 448 g/mol. The fourth-order valence-electron chi connectivity index (χ4n) is 3.65. The number of aromatic amines is 1. The Morgan fingerprint density at radius 1 is 1.23 bits per heavy atom. The van der Waals surface area contributed by atoms with E-state index in [0.717, 1.165) is 40.8 Å². The number of nitrogens with one attached hydrogen (secondary N) is 1. The quantitative estimate of drug-likeness (QED) is 0.546. The van der Waals surface area contributed by atoms with Crippen LogP contribution in [0.3, 0.4) is 0 Å². The van der Waals surface area contributed by atoms with Crippen LogP contribution in [0.1, 0.15) is 23.7 Å². The van der Waals surface area contributed by atoms with Crippen molar-refractivity contribution in [3.05, 3.63) is 69.1 Å². The number of aryl methyl sites for hydroxylation is 2. The fraction of sp³-hybridized carbons (Fsp3) is 0.273. The Morgan fingerprint density at radius 2 is 2.07 bits per heavy atom. The summed E-state index contributed by atoms with van der Waals surface area (Å²) in [4.78, 5) is 14.4. The third-order valence-electron chi connectivity index (χ3n) is 5.27. The Morgan fingerprint density at radius 3 is 2.83 bits per heavy atom. The Bertz CT molecular complexity index is 1100. The number of benzene rings is 2. The van der Waals surface area contributed by atoms with Gasteiger partial charge in [0.15, 0.2) is 0 Å². The molecule has 1 aromatic heterocycles. The number of aromatic nitrogens is 2. The largest absolute Gasteiger partial charge is 0.416 e. The second kappa shape index (κ2) is 8.66. The van der Waals surface area contributed by atoms with Crippen LogP contribution in [0.15, 0.2) is 36.4 Å². The number of carbonyl (C=O) groups is 1. The van der Waals surface area contributed by atoms with Gasteiger partial charge in [-0.1, -0.05) is 35.3 Å². The lowest BCUT2D eigenvalue weighted by atomic mass is 9.90. The van der Waals surface area contributed by atoms with Crippen molar-refractivity contribution in [1.29, 1.82) is 0 Å². The van der Waals surface area contributed by atoms with Crippen molar-refractivity contribution in [2.24, 2.45) is 0 Å². The molecule has 8 heteroatoms. The summed E-state index contributed by atoms with van der Waals surface area (Å²) in [5.74, 6) is -0.196. The van der Waals surface area contributed by atoms with Crippen LogP contribution >= 0.6 is 23.2 Å². The van der Waals surface area contributed by atoms with Gasteiger partial charge in [-0.25, -0.2) is 9.18 Å². The van der Waals surface area contributed by atoms with Crippen LogP contribution in [0.4, 0.5) is 9.18 Å². The van der Waals surface area contributed by atoms with Gasteiger partial charge >= 0.3 is 6.09 Å². The van der Waals surface area contributed by atoms with E-state index in [1.807, 2.05) is 25.1 Å². The van der Waals surface area contributed by atoms with Gasteiger partial charge in [-0.15, -0.1) is 5.10 Å². The van der Waals surface area contributed by atoms with E-state index < -0.39 is 11.9 Å². The summed E-state index contributed by atoms with van der Waals surface area (Å²) in [7, 11) is 0. The Kier molecular flexibility index (Phi) is 5.97. The second-order valence-corrected chi connectivity index (χ2v) is 7.97. The van der Waals surface area contributed by atoms with E-state index in [9.17, 15) is 9.18 Å². The molecule has 0 bridgehead atoms. The van der Waals surface area contributed by atoms with Crippen LogP contribution in [0.25, 0.3) is 11.1 Å². The van der Waals surface area contributed by atoms with Gasteiger partial charge in [0.2, 0.25) is 0 Å². The summed E-state index contributed by atoms with van der Waals surface area (Å²) in [6.07, 6.45) is 1.67. The first kappa shape index (κ1) is 20.7. The van der Waals surface area contributed by atoms with Gasteiger partial charge in [0.05, 0.1) is 10.6 Å². The van der Waals surface area contributed by atoms with E-state index in [0.29, 0.717) is 24.5 Å². The van der Waals surface area contributed by atoms with Crippen molar-refractivity contribution in [3.63, 3.8) is 0 Å². The van der Waals surface area contributed by atoms with Crippen LogP contribution in [-0.4, -0.2) is 34.3 Å². The SMILES string of the molecule is CCN(CCc1ccc(F)c(Cl)c1)C(=O)Oc1n[nH]c2c1-c1ccc(Cl)cc1CC2. The highest BCUT2D eigenvalue weighted by molar-refractivity contribution is 6.31. The van der Waals surface area contributed by atoms with Gasteiger partial charge in [-0.05, 0) is 67.1 Å². The molecule has 1 aliphatic rings. The summed E-state index contributed by atoms with van der Waals surface area (Å²) >= 11 is 12.0. The summed E-state index contributed by atoms with van der Waals surface area (Å²) in [6.45, 7) is 2.75. The Hall–Kier alpha value is -2.57. The van der Waals surface area contributed by atoms with Crippen LogP contribution < -0.4 is 4.74 Å². The summed E-state index contributed by atoms with van der Waals surface area (Å²) < 4.78 is 19.0. The van der Waals surface area contributed by atoms with Crippen molar-refractivity contribution < 1.29 is 13.9 Å². The fourth-order valence-corrected chi connectivity index (χ4v) is 4.05. The molecule has 3 aromatic rings. The third-order valence-corrected chi connectivity index (χ3v) is 5.79. The maximum absolute atomic E-state index is 13.3. The van der Waals surface area contributed by atoms with Crippen molar-refractivity contribution in [2.45, 2.75) is 26.2 Å². The van der Waals surface area contributed by atoms with E-state index in [1.54, 1.807) is 17.0 Å². The standard InChI is InChI=1S/C22H20Cl2FN3O2/c1-2-28(10-9-13-3-7-18(25)17(24)11-13)22(29)30-21-20-16-6-5-15(23)12-14(16)4-8-19(20)26-27-21/h3,5-7,11-12H,2,4,8-10H2,1H3,(H,26,27). The predicted molar refractivity (Wildman–Crippen MR) is 115 cm³/mol. The Balaban J connectivity index is 1.49. The maximum Gasteiger partial charge on any atom is 0.416 e. The third kappa shape index (κ3) is 4.16. The van der Waals surface area contributed by atoms with E-state index in [2.05, 4.69) is 10.2 Å². The molecule has 0 saturated carbocycles. The lowest BCUT2D eigenvalue weighted by Gasteiger charge is -2.21. The predicted octanol–water partition coefficient (Wildman–Crippen LogP) is 5.68. The molecule has 156 valence electrons. The van der Waals surface area contributed by atoms with Gasteiger partial charge in [-0.2, -0.15) is 0 Å². The van der Waals surface area contributed by atoms with Gasteiger partial charge in [0, 0.05) is 23.8 Å². The topological polar surface area (TPSA) is 58.2 Å². The number of nitrogens with zero attached hydrogens (tertiary/aromatic N) is 2. The molecule has 0 saturated heterocycles. The second-order valence-electron chi connectivity index (χ2n) is 7.13. The molecule has 2 aromatic carbocycles. The molecular weight excluding hydrogens is 428 g/mol. The summed E-state index contributed by atoms with van der Waals surface area (Å²) in [5.41, 5.74) is 4.67. The summed E-state index contributed by atoms with van der Waals surface area (Å²) in [5, 5.41) is 7.96. The molecule has 1 heterocycles. The molecule has 0 radical (unpaired) electrons. The zero-order valence-corrected chi connectivity index (χ0v) is 17.9. The number of hydrogen-bond acceptors (Lipinski definition) is 3. The van der Waals surface area contributed by atoms with E-state index >= 15 is 0 Å². The Labute approximate surface area is 183 Å². The smallest absolute Gasteiger partial charge is 0.389 e. The molecule has 30 heavy (non-hydrogen) atoms. The monoisotopic (exact) mass is 447 g/mol. The number of hydrogen-bond donors (Lipinski definition) is 1. The van der Waals surface area contributed by atoms with Crippen molar-refractivity contribution in [2.75, 3.05) is 13.1 Å². The normalized spacial score (nSPS) is 12.3. The first-order chi connectivity index (χ1) is 14.5. The van der Waals surface area contributed by atoms with Gasteiger partial charge in [0.1, 0.15) is 5.82 Å². The number of amides is 1. The number of halogens is 3. The number of fused-ring (bicyclic) bond motifs is 3. The molecule has 1 N–H and O–H groups in total. The molecule has 0 unspecified atom stereocenters. The zero-order valence-electron chi connectivity index (χ0n) is 16.3. The number of rotatable bonds is 5. The number of H-pyrrole nitrogens is 1. The first-order valence-electron chi connectivity index (χ1n) is 9.73. The molecule has 1 amide bonds. The molecule has 4 rings (SSSR count). The average Bonchev–Trinajstić information content (AvgIpc) is 3.14. The lowest BCUT2D eigenvalue weighted by molar-refractivity contribution is 0.153. The highest BCUT2D eigenvalue weighted by Crippen LogP contribution is 2.39. The van der Waals surface area contributed by atoms with E-state index in [1.165, 1.54) is 6.07 Å². The van der Waals surface area contributed by atoms with Crippen LogP contribution in [0.5, 0.6) is 5.88 Å². The van der Waals surface area contributed by atoms with Crippen molar-refractivity contribution >= 4 is 29.3 Å². The number of carbonyl (C=O) groups excluding carboxylic acids is 1. The lowest BCUT2D eigenvalue weighted by Crippen LogP contribution is -2.35. The van der Waals surface area contributed by atoms with Gasteiger partial charge in [0.25, 0.3) is 5.88 Å². The van der Waals surface area contributed by atoms with E-state index in [-0.39, 0.29) is 10.9 Å². The maximum atomic E-state index is 13.3. The minimum absolute atomic E-state index is 0.0695. The highest BCUT2D eigenvalue weighted by Gasteiger charge is 2.26. The van der Waals surface area contributed by atoms with Crippen molar-refractivity contribution in [1.82, 2.24) is 15.1 Å². The number of ether oxygens (including phenoxy) is 1. The molecule has 1 aliphatic carbocycles. The highest BCUT2D eigenvalue weighted by atomic mass is 35.5. The first-order valence-corrected chi connectivity index (χ1v) is 10.5. The minimum atomic E-state index is -0.485. The molecule has 0 spiro atoms. The van der Waals surface area contributed by atoms with Gasteiger partial charge in [-0.3, -0.25) is 5.10 Å². The molecular formula is C22H20Cl2FN3O2. The van der Waals surface area contributed by atoms with Gasteiger partial charge < -0.3 is 9.64 Å². The van der Waals surface area contributed by atoms with Crippen LogP contribution in [-0.2, 0) is 19.3 Å². The van der Waals surface area contributed by atoms with Crippen LogP contribution in [0.2, 0.25) is 10.0 Å². The molecule has 5 nitrogen and oxygen atoms in total. The van der Waals surface area contributed by atoms with E-state index in [4.69, 9.17) is 27.9 Å². The zero-order chi connectivity index (χ0) is 21.3. The molecule has 0 atom stereocenters. The van der Waals surface area contributed by atoms with Crippen LogP contribution in [0, 0.1) is 5.82 Å². The number of likely N-dealkylation sites (N-methyl/N-ethyl adjacent to an activating group) is 1. The molecule has 0 fully saturated rings. The molecule has 0 aliphatic heterocycles. The minimum Gasteiger partial charge on any atom is -0.389 e. The van der Waals surface area contributed by atoms with Crippen molar-refractivity contribution in [3.8, 4) is 17.0 Å².